The summed E-state index contributed by atoms with van der Waals surface area (Å²) < 4.78 is 16.0. The van der Waals surface area contributed by atoms with E-state index in [2.05, 4.69) is 17.1 Å². The fraction of sp³-hybridized carbons (Fsp3) is 0.435. The number of hydrogen-bond acceptors (Lipinski definition) is 7. The Morgan fingerprint density at radius 2 is 1.74 bits per heavy atom. The van der Waals surface area contributed by atoms with Gasteiger partial charge in [-0.25, -0.2) is 4.79 Å². The number of ether oxygens (including phenoxy) is 3. The van der Waals surface area contributed by atoms with Gasteiger partial charge in [0, 0.05) is 12.1 Å². The fourth-order valence-corrected chi connectivity index (χ4v) is 3.32. The highest BCUT2D eigenvalue weighted by molar-refractivity contribution is 5.93. The van der Waals surface area contributed by atoms with Gasteiger partial charge in [-0.15, -0.1) is 10.2 Å². The van der Waals surface area contributed by atoms with Crippen LogP contribution in [0.4, 0.5) is 0 Å². The van der Waals surface area contributed by atoms with E-state index in [0.29, 0.717) is 40.4 Å². The molecule has 0 aliphatic heterocycles. The topological polar surface area (TPSA) is 95.7 Å². The quantitative estimate of drug-likeness (QED) is 0.351. The van der Waals surface area contributed by atoms with E-state index < -0.39 is 5.97 Å². The van der Waals surface area contributed by atoms with Crippen LogP contribution in [0.2, 0.25) is 0 Å². The molecule has 0 saturated heterocycles. The summed E-state index contributed by atoms with van der Waals surface area (Å²) in [6.07, 6.45) is 6.93. The van der Waals surface area contributed by atoms with Crippen LogP contribution in [0.15, 0.2) is 30.3 Å². The van der Waals surface area contributed by atoms with Crippen LogP contribution in [0.3, 0.4) is 0 Å². The number of carbonyl (C=O) groups is 1. The fourth-order valence-electron chi connectivity index (χ4n) is 3.32. The molecule has 3 aromatic rings. The van der Waals surface area contributed by atoms with Gasteiger partial charge in [-0.2, -0.15) is 4.80 Å². The molecule has 0 saturated carbocycles. The normalized spacial score (nSPS) is 10.9. The van der Waals surface area contributed by atoms with E-state index in [4.69, 9.17) is 14.2 Å². The minimum Gasteiger partial charge on any atom is -0.504 e. The summed E-state index contributed by atoms with van der Waals surface area (Å²) in [7, 11) is 2.85. The monoisotopic (exact) mass is 427 g/mol. The number of unbranched alkanes of at least 4 members (excludes halogenated alkanes) is 5. The maximum Gasteiger partial charge on any atom is 0.337 e. The van der Waals surface area contributed by atoms with Gasteiger partial charge < -0.3 is 19.3 Å². The minimum absolute atomic E-state index is 0.0445. The lowest BCUT2D eigenvalue weighted by molar-refractivity contribution is 0.0601. The Morgan fingerprint density at radius 1 is 1.00 bits per heavy atom. The number of phenolic OH excluding ortho intramolecular Hbond substituents is 1. The van der Waals surface area contributed by atoms with E-state index in [1.54, 1.807) is 24.3 Å². The third-order valence-electron chi connectivity index (χ3n) is 5.02. The smallest absolute Gasteiger partial charge is 0.337 e. The summed E-state index contributed by atoms with van der Waals surface area (Å²) in [5.74, 6) is 0.224. The van der Waals surface area contributed by atoms with Crippen LogP contribution in [0.5, 0.6) is 17.2 Å². The van der Waals surface area contributed by atoms with Crippen molar-refractivity contribution >= 4 is 17.0 Å². The number of phenols is 1. The molecule has 8 nitrogen and oxygen atoms in total. The van der Waals surface area contributed by atoms with E-state index >= 15 is 0 Å². The Hall–Kier alpha value is -3.29. The summed E-state index contributed by atoms with van der Waals surface area (Å²) in [6.45, 7) is 2.71. The van der Waals surface area contributed by atoms with E-state index in [9.17, 15) is 9.90 Å². The SMILES string of the molecule is CCCCCCCCOc1c(O)cc(-n2nc3ccc(C(=O)OC)cc3n2)cc1OC. The molecule has 0 aliphatic carbocycles. The number of fused-ring (bicyclic) bond motifs is 1. The lowest BCUT2D eigenvalue weighted by atomic mass is 10.1. The second-order valence-electron chi connectivity index (χ2n) is 7.30. The van der Waals surface area contributed by atoms with Crippen LogP contribution < -0.4 is 9.47 Å². The van der Waals surface area contributed by atoms with Crippen LogP contribution in [0.25, 0.3) is 16.7 Å². The maximum atomic E-state index is 11.7. The number of carbonyl (C=O) groups excluding carboxylic acids is 1. The zero-order valence-corrected chi connectivity index (χ0v) is 18.3. The Balaban J connectivity index is 1.75. The van der Waals surface area contributed by atoms with Crippen molar-refractivity contribution < 1.29 is 24.1 Å². The zero-order valence-electron chi connectivity index (χ0n) is 18.3. The Morgan fingerprint density at radius 3 is 2.48 bits per heavy atom. The van der Waals surface area contributed by atoms with E-state index in [1.165, 1.54) is 50.8 Å². The molecule has 3 rings (SSSR count). The van der Waals surface area contributed by atoms with Crippen molar-refractivity contribution in [1.29, 1.82) is 0 Å². The maximum absolute atomic E-state index is 11.7. The predicted octanol–water partition coefficient (Wildman–Crippen LogP) is 4.66. The molecule has 0 aliphatic rings. The second-order valence-corrected chi connectivity index (χ2v) is 7.30. The minimum atomic E-state index is -0.442. The van der Waals surface area contributed by atoms with Crippen molar-refractivity contribution in [3.63, 3.8) is 0 Å². The first-order valence-corrected chi connectivity index (χ1v) is 10.6. The molecule has 1 N–H and O–H groups in total. The lowest BCUT2D eigenvalue weighted by Crippen LogP contribution is -2.03. The molecule has 8 heteroatoms. The molecule has 2 aromatic carbocycles. The average Bonchev–Trinajstić information content (AvgIpc) is 3.21. The highest BCUT2D eigenvalue weighted by Crippen LogP contribution is 2.39. The highest BCUT2D eigenvalue weighted by atomic mass is 16.5. The Bertz CT molecular complexity index is 1030. The molecule has 1 heterocycles. The molecule has 31 heavy (non-hydrogen) atoms. The van der Waals surface area contributed by atoms with Crippen LogP contribution in [-0.2, 0) is 4.74 Å². The van der Waals surface area contributed by atoms with E-state index in [-0.39, 0.29) is 5.75 Å². The van der Waals surface area contributed by atoms with Crippen molar-refractivity contribution in [2.75, 3.05) is 20.8 Å². The van der Waals surface area contributed by atoms with Gasteiger partial charge in [0.05, 0.1) is 32.1 Å². The number of aromatic nitrogens is 3. The van der Waals surface area contributed by atoms with Gasteiger partial charge in [-0.1, -0.05) is 39.0 Å². The van der Waals surface area contributed by atoms with E-state index in [1.807, 2.05) is 0 Å². The number of esters is 1. The third kappa shape index (κ3) is 5.45. The number of rotatable bonds is 11. The van der Waals surface area contributed by atoms with Gasteiger partial charge in [0.25, 0.3) is 0 Å². The van der Waals surface area contributed by atoms with Crippen LogP contribution in [0.1, 0.15) is 55.8 Å². The van der Waals surface area contributed by atoms with Gasteiger partial charge in [0.2, 0.25) is 5.75 Å². The average molecular weight is 428 g/mol. The summed E-state index contributed by atoms with van der Waals surface area (Å²) in [6, 6.07) is 8.17. The number of hydrogen-bond donors (Lipinski definition) is 1. The molecular weight excluding hydrogens is 398 g/mol. The first kappa shape index (κ1) is 22.4. The van der Waals surface area contributed by atoms with Gasteiger partial charge in [0.15, 0.2) is 11.5 Å². The first-order chi connectivity index (χ1) is 15.1. The standard InChI is InChI=1S/C23H29N3O5/c1-4-5-6-7-8-9-12-31-22-20(27)14-17(15-21(22)29-2)26-24-18-11-10-16(23(28)30-3)13-19(18)25-26/h10-11,13-15,27H,4-9,12H2,1-3H3. The molecule has 0 atom stereocenters. The van der Waals surface area contributed by atoms with Crippen molar-refractivity contribution in [3.05, 3.63) is 35.9 Å². The van der Waals surface area contributed by atoms with Gasteiger partial charge in [0.1, 0.15) is 11.0 Å². The number of aromatic hydroxyl groups is 1. The van der Waals surface area contributed by atoms with E-state index in [0.717, 1.165) is 12.8 Å². The van der Waals surface area contributed by atoms with Crippen LogP contribution in [0, 0.1) is 0 Å². The van der Waals surface area contributed by atoms with Crippen molar-refractivity contribution in [2.24, 2.45) is 0 Å². The molecule has 0 radical (unpaired) electrons. The molecule has 0 bridgehead atoms. The summed E-state index contributed by atoms with van der Waals surface area (Å²) in [5.41, 5.74) is 2.04. The molecular formula is C23H29N3O5. The summed E-state index contributed by atoms with van der Waals surface area (Å²) in [5, 5.41) is 19.3. The number of benzene rings is 2. The number of methoxy groups -OCH3 is 2. The zero-order chi connectivity index (χ0) is 22.2. The summed E-state index contributed by atoms with van der Waals surface area (Å²) in [4.78, 5) is 13.1. The van der Waals surface area contributed by atoms with Gasteiger partial charge in [-0.05, 0) is 24.6 Å². The lowest BCUT2D eigenvalue weighted by Gasteiger charge is -2.13. The van der Waals surface area contributed by atoms with Crippen molar-refractivity contribution in [2.45, 2.75) is 45.4 Å². The Kier molecular flexibility index (Phi) is 7.70. The van der Waals surface area contributed by atoms with Gasteiger partial charge >= 0.3 is 5.97 Å². The highest BCUT2D eigenvalue weighted by Gasteiger charge is 2.16. The van der Waals surface area contributed by atoms with Crippen molar-refractivity contribution in [3.8, 4) is 22.9 Å². The first-order valence-electron chi connectivity index (χ1n) is 10.6. The van der Waals surface area contributed by atoms with Crippen LogP contribution >= 0.6 is 0 Å². The number of nitrogens with zero attached hydrogens (tertiary/aromatic N) is 3. The largest absolute Gasteiger partial charge is 0.504 e. The molecule has 166 valence electrons. The van der Waals surface area contributed by atoms with Gasteiger partial charge in [-0.3, -0.25) is 0 Å². The predicted molar refractivity (Wildman–Crippen MR) is 117 cm³/mol. The van der Waals surface area contributed by atoms with Crippen LogP contribution in [-0.4, -0.2) is 46.9 Å². The molecule has 0 unspecified atom stereocenters. The molecule has 0 fully saturated rings. The molecule has 1 aromatic heterocycles. The molecule has 0 spiro atoms. The second kappa shape index (κ2) is 10.7. The molecule has 0 amide bonds. The third-order valence-corrected chi connectivity index (χ3v) is 5.02. The Labute approximate surface area is 181 Å². The van der Waals surface area contributed by atoms with Crippen molar-refractivity contribution in [1.82, 2.24) is 15.0 Å². The summed E-state index contributed by atoms with van der Waals surface area (Å²) >= 11 is 0.